The number of piperazine rings is 1. The number of nitrogens with zero attached hydrogens (tertiary/aromatic N) is 5. The van der Waals surface area contributed by atoms with Crippen LogP contribution in [0.3, 0.4) is 0 Å². The molecule has 18 nitrogen and oxygen atoms in total. The first kappa shape index (κ1) is 55.0. The maximum Gasteiger partial charge on any atom is 0.410 e. The number of aromatic nitrogens is 1. The molecule has 3 N–H and O–H groups in total. The van der Waals surface area contributed by atoms with Crippen molar-refractivity contribution in [2.75, 3.05) is 80.4 Å². The average Bonchev–Trinajstić information content (AvgIpc) is 3.89. The van der Waals surface area contributed by atoms with Gasteiger partial charge in [-0.05, 0) is 103 Å². The predicted octanol–water partition coefficient (Wildman–Crippen LogP) is 5.95. The Labute approximate surface area is 383 Å². The molecule has 2 saturated heterocycles. The molecule has 6 rings (SSSR count). The van der Waals surface area contributed by atoms with E-state index in [1.807, 2.05) is 78.6 Å². The van der Waals surface area contributed by atoms with Crippen LogP contribution in [0.1, 0.15) is 83.7 Å². The average molecular weight is 909 g/mol. The first-order chi connectivity index (χ1) is 30.9. The monoisotopic (exact) mass is 909 g/mol. The van der Waals surface area contributed by atoms with Crippen LogP contribution in [0.2, 0.25) is 0 Å². The summed E-state index contributed by atoms with van der Waals surface area (Å²) in [5.74, 6) is 1.44. The number of nitroso groups, excluding NO2 is 1. The van der Waals surface area contributed by atoms with Crippen LogP contribution in [-0.4, -0.2) is 146 Å². The molecule has 18 heteroatoms. The molecule has 0 aliphatic carbocycles. The van der Waals surface area contributed by atoms with Gasteiger partial charge in [-0.25, -0.2) is 4.79 Å². The van der Waals surface area contributed by atoms with Gasteiger partial charge in [0.15, 0.2) is 0 Å². The van der Waals surface area contributed by atoms with Gasteiger partial charge in [0.25, 0.3) is 11.8 Å². The van der Waals surface area contributed by atoms with Crippen LogP contribution in [0, 0.1) is 4.91 Å². The fraction of sp³-hybridized carbons (Fsp3) is 0.532. The van der Waals surface area contributed by atoms with Gasteiger partial charge in [0.1, 0.15) is 34.9 Å². The summed E-state index contributed by atoms with van der Waals surface area (Å²) >= 11 is 0. The molecule has 1 atom stereocenters. The number of carbonyl (C=O) groups is 5. The summed E-state index contributed by atoms with van der Waals surface area (Å²) in [5.41, 5.74) is 1.51. The lowest BCUT2D eigenvalue weighted by Crippen LogP contribution is -2.59. The molecule has 0 bridgehead atoms. The van der Waals surface area contributed by atoms with Crippen LogP contribution >= 0.6 is 0 Å². The van der Waals surface area contributed by atoms with Gasteiger partial charge in [-0.2, -0.15) is 4.91 Å². The van der Waals surface area contributed by atoms with Crippen LogP contribution in [-0.2, 0) is 35.1 Å². The van der Waals surface area contributed by atoms with E-state index in [-0.39, 0.29) is 36.1 Å². The Kier molecular flexibility index (Phi) is 23.6. The molecular weight excluding hydrogens is 839 g/mol. The summed E-state index contributed by atoms with van der Waals surface area (Å²) in [6, 6.07) is 13.4. The van der Waals surface area contributed by atoms with Crippen LogP contribution < -0.4 is 15.4 Å². The maximum absolute atomic E-state index is 12.4. The van der Waals surface area contributed by atoms with Gasteiger partial charge >= 0.3 is 6.09 Å². The van der Waals surface area contributed by atoms with Gasteiger partial charge in [0.2, 0.25) is 12.6 Å². The summed E-state index contributed by atoms with van der Waals surface area (Å²) in [6.45, 7) is 19.5. The fourth-order valence-electron chi connectivity index (χ4n) is 6.65. The van der Waals surface area contributed by atoms with Gasteiger partial charge < -0.3 is 44.0 Å². The molecule has 358 valence electrons. The van der Waals surface area contributed by atoms with Crippen LogP contribution in [0.15, 0.2) is 71.4 Å². The highest BCUT2D eigenvalue weighted by Gasteiger charge is 2.33. The molecule has 65 heavy (non-hydrogen) atoms. The minimum atomic E-state index is -0.535. The molecule has 3 aliphatic rings. The van der Waals surface area contributed by atoms with E-state index in [4.69, 9.17) is 29.0 Å². The number of hydrogen-bond acceptors (Lipinski definition) is 14. The molecule has 3 amide bonds. The number of rotatable bonds is 12. The third-order valence-electron chi connectivity index (χ3n) is 10.4. The summed E-state index contributed by atoms with van der Waals surface area (Å²) in [6.07, 6.45) is 4.55. The number of ether oxygens (including phenoxy) is 4. The number of carbonyl (C=O) groups excluding carboxylic acids is 5. The van der Waals surface area contributed by atoms with Crippen molar-refractivity contribution in [2.24, 2.45) is 5.18 Å². The number of aldehydes is 1. The zero-order valence-corrected chi connectivity index (χ0v) is 39.8. The lowest BCUT2D eigenvalue weighted by Gasteiger charge is -2.42. The van der Waals surface area contributed by atoms with Crippen molar-refractivity contribution >= 4 is 40.9 Å². The number of likely N-dealkylation sites (N-methyl/N-ethyl adjacent to an activating group) is 2. The molecule has 3 aliphatic heterocycles. The van der Waals surface area contributed by atoms with E-state index in [9.17, 15) is 24.0 Å². The van der Waals surface area contributed by atoms with Crippen molar-refractivity contribution in [1.82, 2.24) is 25.4 Å². The molecule has 0 radical (unpaired) electrons. The van der Waals surface area contributed by atoms with Gasteiger partial charge in [0, 0.05) is 24.5 Å². The minimum Gasteiger partial charge on any atom is -0.508 e. The van der Waals surface area contributed by atoms with Crippen molar-refractivity contribution in [3.8, 4) is 11.5 Å². The fourth-order valence-corrected chi connectivity index (χ4v) is 6.65. The van der Waals surface area contributed by atoms with E-state index >= 15 is 0 Å². The normalized spacial score (nSPS) is 16.2. The minimum absolute atomic E-state index is 0.0363. The predicted molar refractivity (Wildman–Crippen MR) is 248 cm³/mol. The number of phenolic OH excluding ortho intramolecular Hbond substituents is 1. The zero-order chi connectivity index (χ0) is 48.6. The molecule has 1 unspecified atom stereocenters. The molecule has 2 aromatic carbocycles. The Morgan fingerprint density at radius 2 is 1.62 bits per heavy atom. The van der Waals surface area contributed by atoms with Gasteiger partial charge in [-0.15, -0.1) is 0 Å². The molecule has 1 aromatic heterocycles. The quantitative estimate of drug-likeness (QED) is 0.0631. The summed E-state index contributed by atoms with van der Waals surface area (Å²) in [5, 5.41) is 17.3. The number of allylic oxidation sites excluding steroid dienone is 2. The molecule has 3 aromatic rings. The summed E-state index contributed by atoms with van der Waals surface area (Å²) in [4.78, 5) is 75.5. The number of hydrogen-bond donors (Lipinski definition) is 3. The standard InChI is InChI=1S/C25H34N4O5.C14H18N2O3.C5H8O2.C2H6.CH3NO/c1-25(2,3)34-24(32)28-11-14-29(4,15-12-28)13-5-17-33-19-6-7-22-21(18-19)20(8-9-26-22)23(31)27-10-16-30;1-16-8-2-3-12(16)13(18)14(19)15-9-10-4-6-11(17)7-5-10;1-4-5(2)7-3-6-4;1-2;1-2-3/h6-9,16,18H,5,10-15,17H2,1-4H3;4-7,12,17H,2-3,8-9H2,1H3,(H,15,19);3H2,1-2H3;1-2H3;1H3/p+1. The Bertz CT molecular complexity index is 2020. The molecular formula is C47H70N7O11+. The zero-order valence-electron chi connectivity index (χ0n) is 39.8. The van der Waals surface area contributed by atoms with Gasteiger partial charge in [-0.1, -0.05) is 31.2 Å². The Morgan fingerprint density at radius 3 is 2.15 bits per heavy atom. The Balaban J connectivity index is 0.000000388. The van der Waals surface area contributed by atoms with E-state index in [0.29, 0.717) is 61.5 Å². The molecule has 0 saturated carbocycles. The second-order valence-corrected chi connectivity index (χ2v) is 16.4. The van der Waals surface area contributed by atoms with E-state index in [1.165, 1.54) is 7.05 Å². The highest BCUT2D eigenvalue weighted by Crippen LogP contribution is 2.24. The number of pyridine rings is 1. The first-order valence-electron chi connectivity index (χ1n) is 21.9. The topological polar surface area (TPSA) is 215 Å². The van der Waals surface area contributed by atoms with Crippen LogP contribution in [0.5, 0.6) is 11.5 Å². The number of likely N-dealkylation sites (tertiary alicyclic amines) is 1. The lowest BCUT2D eigenvalue weighted by molar-refractivity contribution is -0.913. The number of ketones is 1. The molecule has 2 fully saturated rings. The summed E-state index contributed by atoms with van der Waals surface area (Å²) in [7, 11) is 5.27. The van der Waals surface area contributed by atoms with Gasteiger partial charge in [-0.3, -0.25) is 29.2 Å². The highest BCUT2D eigenvalue weighted by atomic mass is 16.7. The number of phenols is 1. The second kappa shape index (κ2) is 27.9. The molecule has 4 heterocycles. The van der Waals surface area contributed by atoms with Crippen LogP contribution in [0.25, 0.3) is 10.9 Å². The van der Waals surface area contributed by atoms with E-state index < -0.39 is 11.5 Å². The van der Waals surface area contributed by atoms with Crippen molar-refractivity contribution < 1.29 is 52.5 Å². The van der Waals surface area contributed by atoms with Crippen molar-refractivity contribution in [3.05, 3.63) is 82.3 Å². The lowest BCUT2D eigenvalue weighted by atomic mass is 10.1. The number of Topliss-reactive ketones (excluding diaryl/α,β-unsaturated/α-hetero) is 1. The maximum atomic E-state index is 12.4. The van der Waals surface area contributed by atoms with Crippen LogP contribution in [0.4, 0.5) is 4.79 Å². The third kappa shape index (κ3) is 19.2. The first-order valence-corrected chi connectivity index (χ1v) is 21.9. The number of fused-ring (bicyclic) bond motifs is 1. The largest absolute Gasteiger partial charge is 0.508 e. The highest BCUT2D eigenvalue weighted by molar-refractivity contribution is 6.38. The number of quaternary nitrogens is 1. The van der Waals surface area contributed by atoms with E-state index in [1.54, 1.807) is 41.4 Å². The number of benzene rings is 2. The van der Waals surface area contributed by atoms with E-state index in [0.717, 1.165) is 67.0 Å². The summed E-state index contributed by atoms with van der Waals surface area (Å²) < 4.78 is 22.2. The number of nitrogens with one attached hydrogen (secondary N) is 2. The van der Waals surface area contributed by atoms with Crippen molar-refractivity contribution in [1.29, 1.82) is 0 Å². The molecule has 0 spiro atoms. The Morgan fingerprint density at radius 1 is 0.985 bits per heavy atom. The van der Waals surface area contributed by atoms with Crippen molar-refractivity contribution in [2.45, 2.75) is 85.9 Å². The Hall–Kier alpha value is -6.14. The van der Waals surface area contributed by atoms with Crippen molar-refractivity contribution in [3.63, 3.8) is 0 Å². The third-order valence-corrected chi connectivity index (χ3v) is 10.4. The van der Waals surface area contributed by atoms with Gasteiger partial charge in [0.05, 0.1) is 77.1 Å². The van der Waals surface area contributed by atoms with E-state index in [2.05, 4.69) is 27.8 Å². The second-order valence-electron chi connectivity index (χ2n) is 16.4. The smallest absolute Gasteiger partial charge is 0.410 e. The SMILES string of the molecule is CC.CC(C)(C)OC(=O)N1CC[N+](C)(CCCOc2ccc3nccc(C(=O)NCC=O)c3c2)CC1.CC1=C(C)OCO1.CN1CCCC1C(=O)C(=O)NCc1ccc(O)cc1.CN=O. The number of amides is 3. The number of aromatic hydroxyl groups is 1.